The molecule has 33 heavy (non-hydrogen) atoms. The van der Waals surface area contributed by atoms with Crippen LogP contribution in [0.3, 0.4) is 0 Å². The molecule has 0 saturated carbocycles. The summed E-state index contributed by atoms with van der Waals surface area (Å²) in [5, 5.41) is 15.4. The van der Waals surface area contributed by atoms with Gasteiger partial charge in [-0.3, -0.25) is 14.4 Å². The van der Waals surface area contributed by atoms with Crippen LogP contribution in [0.25, 0.3) is 0 Å². The zero-order valence-electron chi connectivity index (χ0n) is 19.3. The van der Waals surface area contributed by atoms with E-state index in [0.29, 0.717) is 30.1 Å². The Labute approximate surface area is 204 Å². The number of hydrogen-bond acceptors (Lipinski definition) is 5. The Morgan fingerprint density at radius 1 is 1.27 bits per heavy atom. The van der Waals surface area contributed by atoms with Crippen LogP contribution in [0.5, 0.6) is 0 Å². The molecule has 3 heterocycles. The fourth-order valence-corrected chi connectivity index (χ4v) is 8.77. The van der Waals surface area contributed by atoms with Gasteiger partial charge in [-0.1, -0.05) is 30.7 Å². The molecule has 0 radical (unpaired) electrons. The predicted octanol–water partition coefficient (Wildman–Crippen LogP) is 2.83. The number of aliphatic hydroxyl groups is 1. The molecule has 3 unspecified atom stereocenters. The number of nitrogens with zero attached hydrogens (tertiary/aromatic N) is 1. The number of nitrogens with one attached hydrogen (secondary N) is 2. The fourth-order valence-electron chi connectivity index (χ4n) is 6.08. The third-order valence-electron chi connectivity index (χ3n) is 7.57. The SMILES string of the molecule is CNC(=O)[C@@H]1[C@H]2C(=O)N(CCCCCO)C(C(=O)Nc3c(C)cccc3Cl)C23S[C@@H]1CC3C. The average Bonchev–Trinajstić information content (AvgIpc) is 3.37. The summed E-state index contributed by atoms with van der Waals surface area (Å²) >= 11 is 8.05. The number of rotatable bonds is 8. The molecular weight excluding hydrogens is 462 g/mol. The third kappa shape index (κ3) is 3.84. The first-order valence-corrected chi connectivity index (χ1v) is 12.9. The molecule has 7 nitrogen and oxygen atoms in total. The van der Waals surface area contributed by atoms with Crippen molar-refractivity contribution in [3.8, 4) is 0 Å². The molecule has 6 atom stereocenters. The second-order valence-corrected chi connectivity index (χ2v) is 11.4. The standard InChI is InChI=1S/C24H32ClN3O4S/c1-13-8-7-9-15(25)19(13)27-22(31)20-24-14(2)12-16(33-24)17(21(30)26-3)18(24)23(32)28(20)10-5-4-6-11-29/h7-9,14,16-18,20,29H,4-6,10-12H2,1-3H3,(H,26,30)(H,27,31)/t14?,16-,17+,18+,20?,24?/m1/s1. The van der Waals surface area contributed by atoms with Crippen LogP contribution in [0.2, 0.25) is 5.02 Å². The lowest BCUT2D eigenvalue weighted by Gasteiger charge is -2.38. The highest BCUT2D eigenvalue weighted by molar-refractivity contribution is 8.02. The lowest BCUT2D eigenvalue weighted by atomic mass is 9.66. The number of unbranched alkanes of at least 4 members (excludes halogenated alkanes) is 2. The van der Waals surface area contributed by atoms with Crippen molar-refractivity contribution < 1.29 is 19.5 Å². The van der Waals surface area contributed by atoms with E-state index in [1.807, 2.05) is 19.1 Å². The van der Waals surface area contributed by atoms with Gasteiger partial charge in [-0.15, -0.1) is 11.8 Å². The van der Waals surface area contributed by atoms with Crippen LogP contribution in [0.15, 0.2) is 18.2 Å². The van der Waals surface area contributed by atoms with Gasteiger partial charge in [0, 0.05) is 25.4 Å². The molecule has 1 aromatic rings. The van der Waals surface area contributed by atoms with Crippen LogP contribution in [-0.4, -0.2) is 64.0 Å². The van der Waals surface area contributed by atoms with E-state index < -0.39 is 22.6 Å². The minimum atomic E-state index is -0.681. The van der Waals surface area contributed by atoms with Gasteiger partial charge in [-0.2, -0.15) is 0 Å². The number of amides is 3. The van der Waals surface area contributed by atoms with Gasteiger partial charge >= 0.3 is 0 Å². The average molecular weight is 494 g/mol. The summed E-state index contributed by atoms with van der Waals surface area (Å²) in [6.07, 6.45) is 2.91. The van der Waals surface area contributed by atoms with E-state index in [2.05, 4.69) is 17.6 Å². The molecule has 2 bridgehead atoms. The summed E-state index contributed by atoms with van der Waals surface area (Å²) < 4.78 is -0.644. The van der Waals surface area contributed by atoms with Crippen molar-refractivity contribution in [3.63, 3.8) is 0 Å². The van der Waals surface area contributed by atoms with E-state index in [0.717, 1.165) is 18.4 Å². The van der Waals surface area contributed by atoms with Crippen LogP contribution in [0.4, 0.5) is 5.69 Å². The molecule has 3 saturated heterocycles. The molecule has 0 aliphatic carbocycles. The lowest BCUT2D eigenvalue weighted by molar-refractivity contribution is -0.139. The first-order chi connectivity index (χ1) is 15.8. The maximum absolute atomic E-state index is 13.9. The van der Waals surface area contributed by atoms with Gasteiger partial charge in [-0.25, -0.2) is 0 Å². The summed E-state index contributed by atoms with van der Waals surface area (Å²) in [7, 11) is 1.60. The Morgan fingerprint density at radius 2 is 2.03 bits per heavy atom. The number of para-hydroxylation sites is 1. The van der Waals surface area contributed by atoms with Crippen molar-refractivity contribution >= 4 is 46.8 Å². The number of aryl methyl sites for hydroxylation is 1. The number of anilines is 1. The van der Waals surface area contributed by atoms with Crippen LogP contribution >= 0.6 is 23.4 Å². The molecule has 9 heteroatoms. The van der Waals surface area contributed by atoms with Crippen molar-refractivity contribution in [3.05, 3.63) is 28.8 Å². The fraction of sp³-hybridized carbons (Fsp3) is 0.625. The van der Waals surface area contributed by atoms with E-state index in [-0.39, 0.29) is 35.5 Å². The van der Waals surface area contributed by atoms with Crippen LogP contribution < -0.4 is 10.6 Å². The van der Waals surface area contributed by atoms with Gasteiger partial charge in [0.1, 0.15) is 6.04 Å². The zero-order chi connectivity index (χ0) is 23.9. The maximum Gasteiger partial charge on any atom is 0.248 e. The summed E-state index contributed by atoms with van der Waals surface area (Å²) in [4.78, 5) is 42.2. The summed E-state index contributed by atoms with van der Waals surface area (Å²) in [6, 6.07) is 4.77. The predicted molar refractivity (Wildman–Crippen MR) is 130 cm³/mol. The monoisotopic (exact) mass is 493 g/mol. The first-order valence-electron chi connectivity index (χ1n) is 11.6. The van der Waals surface area contributed by atoms with Crippen LogP contribution in [-0.2, 0) is 14.4 Å². The van der Waals surface area contributed by atoms with Gasteiger partial charge in [-0.05, 0) is 50.2 Å². The highest BCUT2D eigenvalue weighted by Crippen LogP contribution is 2.68. The quantitative estimate of drug-likeness (QED) is 0.484. The second kappa shape index (κ2) is 9.47. The van der Waals surface area contributed by atoms with E-state index in [4.69, 9.17) is 16.7 Å². The van der Waals surface area contributed by atoms with Gasteiger partial charge < -0.3 is 20.6 Å². The Balaban J connectivity index is 1.71. The van der Waals surface area contributed by atoms with Crippen LogP contribution in [0.1, 0.15) is 38.2 Å². The van der Waals surface area contributed by atoms with E-state index in [9.17, 15) is 14.4 Å². The van der Waals surface area contributed by atoms with E-state index in [1.165, 1.54) is 0 Å². The number of fused-ring (bicyclic) bond motifs is 1. The van der Waals surface area contributed by atoms with Crippen molar-refractivity contribution in [1.29, 1.82) is 0 Å². The normalized spacial score (nSPS) is 32.2. The number of halogens is 1. The second-order valence-electron chi connectivity index (χ2n) is 9.40. The van der Waals surface area contributed by atoms with Crippen molar-refractivity contribution in [2.24, 2.45) is 17.8 Å². The van der Waals surface area contributed by atoms with Gasteiger partial charge in [0.15, 0.2) is 0 Å². The third-order valence-corrected chi connectivity index (χ3v) is 9.96. The molecule has 3 amide bonds. The summed E-state index contributed by atoms with van der Waals surface area (Å²) in [6.45, 7) is 4.51. The molecule has 1 spiro atoms. The minimum Gasteiger partial charge on any atom is -0.396 e. The molecule has 0 aromatic heterocycles. The number of thioether (sulfide) groups is 1. The van der Waals surface area contributed by atoms with E-state index in [1.54, 1.807) is 29.8 Å². The van der Waals surface area contributed by atoms with Crippen LogP contribution in [0, 0.1) is 24.7 Å². The molecule has 1 aromatic carbocycles. The Hall–Kier alpha value is -1.77. The maximum atomic E-state index is 13.9. The number of hydrogen-bond donors (Lipinski definition) is 3. The molecule has 3 aliphatic heterocycles. The Bertz CT molecular complexity index is 939. The van der Waals surface area contributed by atoms with Gasteiger partial charge in [0.2, 0.25) is 17.7 Å². The van der Waals surface area contributed by atoms with Crippen molar-refractivity contribution in [2.45, 2.75) is 55.6 Å². The van der Waals surface area contributed by atoms with E-state index >= 15 is 0 Å². The van der Waals surface area contributed by atoms with Crippen molar-refractivity contribution in [1.82, 2.24) is 10.2 Å². The highest BCUT2D eigenvalue weighted by Gasteiger charge is 2.75. The largest absolute Gasteiger partial charge is 0.396 e. The minimum absolute atomic E-state index is 0.0304. The number of likely N-dealkylation sites (tertiary alicyclic amines) is 1. The van der Waals surface area contributed by atoms with Crippen molar-refractivity contribution in [2.75, 3.05) is 25.5 Å². The van der Waals surface area contributed by atoms with Gasteiger partial charge in [0.25, 0.3) is 0 Å². The number of carbonyl (C=O) groups is 3. The summed E-state index contributed by atoms with van der Waals surface area (Å²) in [5.41, 5.74) is 1.41. The molecule has 180 valence electrons. The molecule has 3 N–H and O–H groups in total. The molecule has 4 rings (SSSR count). The number of carbonyl (C=O) groups excluding carboxylic acids is 3. The first kappa shape index (κ1) is 24.4. The molecule has 3 fully saturated rings. The topological polar surface area (TPSA) is 98.7 Å². The lowest BCUT2D eigenvalue weighted by Crippen LogP contribution is -2.55. The smallest absolute Gasteiger partial charge is 0.248 e. The number of aliphatic hydroxyl groups excluding tert-OH is 1. The summed E-state index contributed by atoms with van der Waals surface area (Å²) in [5.74, 6) is -1.30. The van der Waals surface area contributed by atoms with Gasteiger partial charge in [0.05, 0.1) is 27.3 Å². The zero-order valence-corrected chi connectivity index (χ0v) is 20.8. The highest BCUT2D eigenvalue weighted by atomic mass is 35.5. The Morgan fingerprint density at radius 3 is 2.70 bits per heavy atom. The Kier molecular flexibility index (Phi) is 6.99. The molecule has 3 aliphatic rings. The molecular formula is C24H32ClN3O4S. The number of benzene rings is 1.